The molecule has 0 aliphatic rings. The fourth-order valence-electron chi connectivity index (χ4n) is 8.14. The third-order valence-corrected chi connectivity index (χ3v) is 10.3. The van der Waals surface area contributed by atoms with Crippen LogP contribution in [0.1, 0.15) is 0 Å². The summed E-state index contributed by atoms with van der Waals surface area (Å²) in [6, 6.07) is 60.1. The molecule has 4 nitrogen and oxygen atoms in total. The molecule has 7 aromatic carbocycles. The summed E-state index contributed by atoms with van der Waals surface area (Å²) in [5.74, 6) is 0. The van der Waals surface area contributed by atoms with Crippen LogP contribution in [0, 0.1) is 0 Å². The van der Waals surface area contributed by atoms with Gasteiger partial charge in [0, 0.05) is 50.1 Å². The first kappa shape index (κ1) is 28.0. The van der Waals surface area contributed by atoms with E-state index in [9.17, 15) is 0 Å². The standard InChI is InChI=1S/C47H29N3O/c1-3-13-30(14-4-1)46-45(48-42-23-9-10-28-49(42)46)36-20-11-15-31-29-32(24-25-34(31)36)35-19-12-21-38-44-41(51-47(35)38)27-26-40-43(44)37-18-7-8-22-39(37)50(40)33-16-5-2-6-17-33/h1-29H. The summed E-state index contributed by atoms with van der Waals surface area (Å²) in [5.41, 5.74) is 12.7. The van der Waals surface area contributed by atoms with Gasteiger partial charge in [-0.15, -0.1) is 0 Å². The highest BCUT2D eigenvalue weighted by atomic mass is 16.3. The second kappa shape index (κ2) is 10.8. The van der Waals surface area contributed by atoms with Crippen LogP contribution in [0.25, 0.3) is 99.5 Å². The Morgan fingerprint density at radius 2 is 1.25 bits per heavy atom. The summed E-state index contributed by atoms with van der Waals surface area (Å²) in [5, 5.41) is 7.02. The molecule has 0 fully saturated rings. The topological polar surface area (TPSA) is 35.4 Å². The molecule has 0 radical (unpaired) electrons. The molecule has 0 saturated carbocycles. The highest BCUT2D eigenvalue weighted by Crippen LogP contribution is 2.44. The summed E-state index contributed by atoms with van der Waals surface area (Å²) in [7, 11) is 0. The first-order chi connectivity index (χ1) is 25.3. The molecular formula is C47H29N3O. The molecule has 4 heterocycles. The third kappa shape index (κ3) is 4.11. The number of rotatable bonds is 4. The maximum Gasteiger partial charge on any atom is 0.143 e. The minimum Gasteiger partial charge on any atom is -0.455 e. The van der Waals surface area contributed by atoms with Crippen molar-refractivity contribution < 1.29 is 4.42 Å². The van der Waals surface area contributed by atoms with Gasteiger partial charge in [0.25, 0.3) is 0 Å². The van der Waals surface area contributed by atoms with Gasteiger partial charge in [-0.1, -0.05) is 121 Å². The number of aromatic nitrogens is 3. The smallest absolute Gasteiger partial charge is 0.143 e. The molecule has 0 aliphatic carbocycles. The van der Waals surface area contributed by atoms with E-state index in [-0.39, 0.29) is 0 Å². The Labute approximate surface area is 293 Å². The highest BCUT2D eigenvalue weighted by molar-refractivity contribution is 6.28. The fourth-order valence-corrected chi connectivity index (χ4v) is 8.14. The summed E-state index contributed by atoms with van der Waals surface area (Å²) >= 11 is 0. The zero-order chi connectivity index (χ0) is 33.5. The van der Waals surface area contributed by atoms with Crippen LogP contribution in [-0.4, -0.2) is 14.0 Å². The van der Waals surface area contributed by atoms with Crippen molar-refractivity contribution in [2.75, 3.05) is 0 Å². The molecule has 0 bridgehead atoms. The molecule has 0 N–H and O–H groups in total. The van der Waals surface area contributed by atoms with Gasteiger partial charge in [-0.05, 0) is 64.9 Å². The lowest BCUT2D eigenvalue weighted by molar-refractivity contribution is 0.670. The average molecular weight is 652 g/mol. The first-order valence-corrected chi connectivity index (χ1v) is 17.3. The number of furan rings is 1. The predicted molar refractivity (Wildman–Crippen MR) is 211 cm³/mol. The molecule has 4 heteroatoms. The lowest BCUT2D eigenvalue weighted by atomic mass is 9.95. The van der Waals surface area contributed by atoms with Gasteiger partial charge >= 0.3 is 0 Å². The zero-order valence-electron chi connectivity index (χ0n) is 27.5. The largest absolute Gasteiger partial charge is 0.455 e. The number of nitrogens with zero attached hydrogens (tertiary/aromatic N) is 3. The van der Waals surface area contributed by atoms with E-state index >= 15 is 0 Å². The van der Waals surface area contributed by atoms with E-state index in [1.807, 2.05) is 6.07 Å². The molecule has 51 heavy (non-hydrogen) atoms. The number of pyridine rings is 1. The lowest BCUT2D eigenvalue weighted by Gasteiger charge is -2.10. The Bertz CT molecular complexity index is 3130. The van der Waals surface area contributed by atoms with Crippen molar-refractivity contribution in [2.24, 2.45) is 0 Å². The van der Waals surface area contributed by atoms with Gasteiger partial charge in [-0.2, -0.15) is 0 Å². The second-order valence-electron chi connectivity index (χ2n) is 13.2. The van der Waals surface area contributed by atoms with Crippen LogP contribution in [-0.2, 0) is 0 Å². The van der Waals surface area contributed by atoms with Crippen molar-refractivity contribution in [3.05, 3.63) is 176 Å². The lowest BCUT2D eigenvalue weighted by Crippen LogP contribution is -1.92. The van der Waals surface area contributed by atoms with Crippen molar-refractivity contribution >= 4 is 60.2 Å². The molecule has 0 aliphatic heterocycles. The summed E-state index contributed by atoms with van der Waals surface area (Å²) in [4.78, 5) is 5.17. The molecule has 238 valence electrons. The zero-order valence-corrected chi connectivity index (χ0v) is 27.5. The van der Waals surface area contributed by atoms with Gasteiger partial charge in [-0.3, -0.25) is 4.40 Å². The van der Waals surface area contributed by atoms with Crippen LogP contribution in [0.4, 0.5) is 0 Å². The van der Waals surface area contributed by atoms with Gasteiger partial charge in [0.2, 0.25) is 0 Å². The second-order valence-corrected chi connectivity index (χ2v) is 13.2. The van der Waals surface area contributed by atoms with E-state index in [0.29, 0.717) is 0 Å². The van der Waals surface area contributed by atoms with Crippen molar-refractivity contribution in [3.63, 3.8) is 0 Å². The monoisotopic (exact) mass is 651 g/mol. The molecule has 11 rings (SSSR count). The van der Waals surface area contributed by atoms with E-state index in [4.69, 9.17) is 9.40 Å². The van der Waals surface area contributed by atoms with E-state index in [1.165, 1.54) is 21.8 Å². The maximum absolute atomic E-state index is 6.79. The molecule has 0 saturated heterocycles. The van der Waals surface area contributed by atoms with E-state index < -0.39 is 0 Å². The van der Waals surface area contributed by atoms with Crippen molar-refractivity contribution in [3.8, 4) is 39.3 Å². The van der Waals surface area contributed by atoms with Gasteiger partial charge in [-0.25, -0.2) is 4.98 Å². The van der Waals surface area contributed by atoms with E-state index in [2.05, 4.69) is 179 Å². The minimum atomic E-state index is 0.893. The van der Waals surface area contributed by atoms with Gasteiger partial charge < -0.3 is 8.98 Å². The van der Waals surface area contributed by atoms with Gasteiger partial charge in [0.05, 0.1) is 22.4 Å². The summed E-state index contributed by atoms with van der Waals surface area (Å²) in [6.45, 7) is 0. The average Bonchev–Trinajstić information content (AvgIpc) is 3.88. The Morgan fingerprint density at radius 3 is 2.16 bits per heavy atom. The first-order valence-electron chi connectivity index (χ1n) is 17.3. The van der Waals surface area contributed by atoms with Crippen LogP contribution >= 0.6 is 0 Å². The fraction of sp³-hybridized carbons (Fsp3) is 0. The molecular weight excluding hydrogens is 623 g/mol. The molecule has 11 aromatic rings. The Kier molecular flexibility index (Phi) is 5.92. The number of para-hydroxylation sites is 3. The van der Waals surface area contributed by atoms with Gasteiger partial charge in [0.1, 0.15) is 16.8 Å². The number of hydrogen-bond acceptors (Lipinski definition) is 2. The van der Waals surface area contributed by atoms with Crippen LogP contribution < -0.4 is 0 Å². The Morgan fingerprint density at radius 1 is 0.490 bits per heavy atom. The van der Waals surface area contributed by atoms with Crippen LogP contribution in [0.15, 0.2) is 180 Å². The maximum atomic E-state index is 6.79. The van der Waals surface area contributed by atoms with Crippen molar-refractivity contribution in [1.82, 2.24) is 14.0 Å². The molecule has 0 unspecified atom stereocenters. The third-order valence-electron chi connectivity index (χ3n) is 10.3. The van der Waals surface area contributed by atoms with Crippen LogP contribution in [0.5, 0.6) is 0 Å². The molecule has 0 atom stereocenters. The summed E-state index contributed by atoms with van der Waals surface area (Å²) < 4.78 is 11.3. The molecule has 4 aromatic heterocycles. The Hall–Kier alpha value is -6.91. The van der Waals surface area contributed by atoms with Gasteiger partial charge in [0.15, 0.2) is 0 Å². The van der Waals surface area contributed by atoms with E-state index in [0.717, 1.165) is 77.7 Å². The number of fused-ring (bicyclic) bond motifs is 9. The number of hydrogen-bond donors (Lipinski definition) is 0. The normalized spacial score (nSPS) is 11.9. The number of imidazole rings is 1. The highest BCUT2D eigenvalue weighted by Gasteiger charge is 2.21. The van der Waals surface area contributed by atoms with E-state index in [1.54, 1.807) is 0 Å². The van der Waals surface area contributed by atoms with Crippen molar-refractivity contribution in [2.45, 2.75) is 0 Å². The summed E-state index contributed by atoms with van der Waals surface area (Å²) in [6.07, 6.45) is 2.10. The molecule has 0 amide bonds. The number of benzene rings is 7. The van der Waals surface area contributed by atoms with Crippen molar-refractivity contribution in [1.29, 1.82) is 0 Å². The SMILES string of the molecule is c1ccc(-c2c(-c3cccc4cc(-c5cccc6c5oc5ccc7c(c8ccccc8n7-c7ccccc7)c56)ccc34)nc3ccccn23)cc1. The van der Waals surface area contributed by atoms with Crippen LogP contribution in [0.2, 0.25) is 0 Å². The quantitative estimate of drug-likeness (QED) is 0.190. The predicted octanol–water partition coefficient (Wildman–Crippen LogP) is 12.5. The molecule has 0 spiro atoms. The minimum absolute atomic E-state index is 0.893. The van der Waals surface area contributed by atoms with Crippen LogP contribution in [0.3, 0.4) is 0 Å². The Balaban J connectivity index is 1.11.